The first-order chi connectivity index (χ1) is 12.0. The molecule has 132 valence electrons. The molecule has 0 aliphatic carbocycles. The molecule has 0 aliphatic heterocycles. The molecule has 0 bridgehead atoms. The van der Waals surface area contributed by atoms with Crippen molar-refractivity contribution in [3.8, 4) is 0 Å². The minimum atomic E-state index is -0.530. The molecule has 0 saturated heterocycles. The highest BCUT2D eigenvalue weighted by atomic mass is 32.1. The van der Waals surface area contributed by atoms with Gasteiger partial charge in [-0.2, -0.15) is 0 Å². The Morgan fingerprint density at radius 3 is 2.28 bits per heavy atom. The van der Waals surface area contributed by atoms with Crippen LogP contribution in [0.1, 0.15) is 56.7 Å². The second kappa shape index (κ2) is 9.28. The third-order valence-corrected chi connectivity index (χ3v) is 4.79. The first-order valence-electron chi connectivity index (χ1n) is 8.37. The van der Waals surface area contributed by atoms with E-state index in [0.29, 0.717) is 10.4 Å². The van der Waals surface area contributed by atoms with Crippen LogP contribution < -0.4 is 0 Å². The van der Waals surface area contributed by atoms with Gasteiger partial charge in [0.1, 0.15) is 0 Å². The summed E-state index contributed by atoms with van der Waals surface area (Å²) in [4.78, 5) is 37.4. The lowest BCUT2D eigenvalue weighted by Gasteiger charge is -2.05. The molecular formula is C20H22O4S. The van der Waals surface area contributed by atoms with Gasteiger partial charge < -0.3 is 4.74 Å². The van der Waals surface area contributed by atoms with Crippen molar-refractivity contribution >= 4 is 28.9 Å². The average Bonchev–Trinajstić information content (AvgIpc) is 3.05. The summed E-state index contributed by atoms with van der Waals surface area (Å²) in [5, 5.41) is 0. The first-order valence-corrected chi connectivity index (χ1v) is 9.18. The van der Waals surface area contributed by atoms with Crippen LogP contribution in [0.2, 0.25) is 0 Å². The van der Waals surface area contributed by atoms with Gasteiger partial charge >= 0.3 is 5.97 Å². The number of carbonyl (C=O) groups is 3. The molecule has 0 spiro atoms. The highest BCUT2D eigenvalue weighted by Crippen LogP contribution is 2.17. The number of Topliss-reactive ketones (excluding diaryl/α,β-unsaturated/α-hetero) is 2. The predicted molar refractivity (Wildman–Crippen MR) is 98.3 cm³/mol. The summed E-state index contributed by atoms with van der Waals surface area (Å²) in [5.41, 5.74) is 1.70. The number of rotatable bonds is 9. The summed E-state index contributed by atoms with van der Waals surface area (Å²) in [5.74, 6) is -0.845. The highest BCUT2D eigenvalue weighted by molar-refractivity contribution is 7.14. The molecule has 0 unspecified atom stereocenters. The SMILES string of the molecule is CCCc1ccc(C(=O)COC(=O)CCC(=O)c2ccc(C)s2)cc1. The fraction of sp³-hybridized carbons (Fsp3) is 0.350. The number of carbonyl (C=O) groups excluding carboxylic acids is 3. The lowest BCUT2D eigenvalue weighted by atomic mass is 10.1. The fourth-order valence-corrected chi connectivity index (χ4v) is 3.21. The van der Waals surface area contributed by atoms with E-state index >= 15 is 0 Å². The van der Waals surface area contributed by atoms with E-state index in [-0.39, 0.29) is 31.0 Å². The molecule has 25 heavy (non-hydrogen) atoms. The Balaban J connectivity index is 1.75. The van der Waals surface area contributed by atoms with Crippen molar-refractivity contribution in [2.75, 3.05) is 6.61 Å². The molecule has 1 heterocycles. The van der Waals surface area contributed by atoms with E-state index < -0.39 is 5.97 Å². The summed E-state index contributed by atoms with van der Waals surface area (Å²) in [6.07, 6.45) is 2.10. The Kier molecular flexibility index (Phi) is 7.07. The zero-order chi connectivity index (χ0) is 18.2. The summed E-state index contributed by atoms with van der Waals surface area (Å²) in [6, 6.07) is 11.0. The summed E-state index contributed by atoms with van der Waals surface area (Å²) in [6.45, 7) is 3.73. The third-order valence-electron chi connectivity index (χ3n) is 3.75. The molecule has 0 fully saturated rings. The van der Waals surface area contributed by atoms with Crippen LogP contribution in [0.3, 0.4) is 0 Å². The van der Waals surface area contributed by atoms with Gasteiger partial charge in [-0.25, -0.2) is 0 Å². The van der Waals surface area contributed by atoms with Crippen molar-refractivity contribution in [3.63, 3.8) is 0 Å². The maximum atomic E-state index is 12.0. The summed E-state index contributed by atoms with van der Waals surface area (Å²) in [7, 11) is 0. The summed E-state index contributed by atoms with van der Waals surface area (Å²) < 4.78 is 4.99. The zero-order valence-electron chi connectivity index (χ0n) is 14.5. The van der Waals surface area contributed by atoms with Crippen LogP contribution in [0, 0.1) is 6.92 Å². The van der Waals surface area contributed by atoms with Crippen LogP contribution in [0.5, 0.6) is 0 Å². The molecule has 2 rings (SSSR count). The minimum absolute atomic E-state index is 0.0154. The Morgan fingerprint density at radius 1 is 0.960 bits per heavy atom. The van der Waals surface area contributed by atoms with E-state index in [1.165, 1.54) is 16.9 Å². The topological polar surface area (TPSA) is 60.4 Å². The second-order valence-electron chi connectivity index (χ2n) is 5.86. The van der Waals surface area contributed by atoms with Gasteiger partial charge in [0, 0.05) is 16.9 Å². The van der Waals surface area contributed by atoms with Gasteiger partial charge in [0.15, 0.2) is 18.2 Å². The van der Waals surface area contributed by atoms with E-state index in [1.54, 1.807) is 18.2 Å². The number of ketones is 2. The van der Waals surface area contributed by atoms with E-state index in [9.17, 15) is 14.4 Å². The molecule has 2 aromatic rings. The van der Waals surface area contributed by atoms with E-state index in [0.717, 1.165) is 17.7 Å². The van der Waals surface area contributed by atoms with Gasteiger partial charge in [0.05, 0.1) is 11.3 Å². The number of thiophene rings is 1. The van der Waals surface area contributed by atoms with E-state index in [2.05, 4.69) is 6.92 Å². The normalized spacial score (nSPS) is 10.5. The fourth-order valence-electron chi connectivity index (χ4n) is 2.37. The molecule has 1 aromatic heterocycles. The molecular weight excluding hydrogens is 336 g/mol. The molecule has 0 amide bonds. The van der Waals surface area contributed by atoms with Gasteiger partial charge in [-0.05, 0) is 31.0 Å². The molecule has 0 aliphatic rings. The molecule has 0 N–H and O–H groups in total. The molecule has 0 saturated carbocycles. The minimum Gasteiger partial charge on any atom is -0.457 e. The number of hydrogen-bond acceptors (Lipinski definition) is 5. The lowest BCUT2D eigenvalue weighted by Crippen LogP contribution is -2.15. The van der Waals surface area contributed by atoms with Crippen molar-refractivity contribution in [1.82, 2.24) is 0 Å². The van der Waals surface area contributed by atoms with Gasteiger partial charge in [-0.1, -0.05) is 37.6 Å². The summed E-state index contributed by atoms with van der Waals surface area (Å²) >= 11 is 1.41. The van der Waals surface area contributed by atoms with Crippen LogP contribution in [0.15, 0.2) is 36.4 Å². The number of ether oxygens (including phenoxy) is 1. The van der Waals surface area contributed by atoms with Crippen LogP contribution in [0.25, 0.3) is 0 Å². The third kappa shape index (κ3) is 5.94. The van der Waals surface area contributed by atoms with Crippen molar-refractivity contribution in [1.29, 1.82) is 0 Å². The van der Waals surface area contributed by atoms with Crippen molar-refractivity contribution < 1.29 is 19.1 Å². The van der Waals surface area contributed by atoms with Crippen LogP contribution in [0.4, 0.5) is 0 Å². The van der Waals surface area contributed by atoms with Crippen LogP contribution in [-0.2, 0) is 16.0 Å². The van der Waals surface area contributed by atoms with Gasteiger partial charge in [-0.15, -0.1) is 11.3 Å². The largest absolute Gasteiger partial charge is 0.457 e. The van der Waals surface area contributed by atoms with Crippen molar-refractivity contribution in [2.45, 2.75) is 39.5 Å². The smallest absolute Gasteiger partial charge is 0.306 e. The Bertz CT molecular complexity index is 743. The zero-order valence-corrected chi connectivity index (χ0v) is 15.4. The predicted octanol–water partition coefficient (Wildman–Crippen LogP) is 4.40. The number of aryl methyl sites for hydroxylation is 2. The molecule has 0 radical (unpaired) electrons. The maximum absolute atomic E-state index is 12.0. The average molecular weight is 358 g/mol. The molecule has 0 atom stereocenters. The molecule has 1 aromatic carbocycles. The van der Waals surface area contributed by atoms with E-state index in [1.807, 2.05) is 25.1 Å². The Hall–Kier alpha value is -2.27. The van der Waals surface area contributed by atoms with Gasteiger partial charge in [-0.3, -0.25) is 14.4 Å². The van der Waals surface area contributed by atoms with Gasteiger partial charge in [0.25, 0.3) is 0 Å². The first kappa shape index (κ1) is 19.1. The second-order valence-corrected chi connectivity index (χ2v) is 7.15. The Morgan fingerprint density at radius 2 is 1.68 bits per heavy atom. The number of benzene rings is 1. The Labute approximate surface area is 151 Å². The number of hydrogen-bond donors (Lipinski definition) is 0. The molecule has 5 heteroatoms. The van der Waals surface area contributed by atoms with Crippen LogP contribution >= 0.6 is 11.3 Å². The monoisotopic (exact) mass is 358 g/mol. The van der Waals surface area contributed by atoms with Gasteiger partial charge in [0.2, 0.25) is 0 Å². The maximum Gasteiger partial charge on any atom is 0.306 e. The number of esters is 1. The molecule has 4 nitrogen and oxygen atoms in total. The van der Waals surface area contributed by atoms with Crippen molar-refractivity contribution in [3.05, 3.63) is 57.3 Å². The lowest BCUT2D eigenvalue weighted by molar-refractivity contribution is -0.142. The van der Waals surface area contributed by atoms with Crippen molar-refractivity contribution in [2.24, 2.45) is 0 Å². The van der Waals surface area contributed by atoms with E-state index in [4.69, 9.17) is 4.74 Å². The van der Waals surface area contributed by atoms with Crippen LogP contribution in [-0.4, -0.2) is 24.1 Å². The quantitative estimate of drug-likeness (QED) is 0.492. The highest BCUT2D eigenvalue weighted by Gasteiger charge is 2.14. The standard InChI is InChI=1S/C20H22O4S/c1-3-4-15-6-8-16(9-7-15)18(22)13-24-20(23)12-10-17(21)19-11-5-14(2)25-19/h5-9,11H,3-4,10,12-13H2,1-2H3.